The van der Waals surface area contributed by atoms with Crippen molar-refractivity contribution in [1.82, 2.24) is 5.43 Å². The first-order valence-corrected chi connectivity index (χ1v) is 4.57. The predicted molar refractivity (Wildman–Crippen MR) is 57.6 cm³/mol. The maximum Gasteiger partial charge on any atom is 0.164 e. The van der Waals surface area contributed by atoms with E-state index >= 15 is 0 Å². The molecule has 74 valence electrons. The van der Waals surface area contributed by atoms with Gasteiger partial charge in [0.25, 0.3) is 0 Å². The first kappa shape index (κ1) is 11.9. The SMILES string of the molecule is C=C/C=C/[N+](=C/C)[N-]NC(C)CC. The molecule has 0 heterocycles. The number of hydrogen-bond acceptors (Lipinski definition) is 1. The van der Waals surface area contributed by atoms with Gasteiger partial charge in [-0.1, -0.05) is 26.5 Å². The third-order valence-electron chi connectivity index (χ3n) is 1.65. The molecule has 0 saturated heterocycles. The molecule has 0 aromatic heterocycles. The molecule has 1 atom stereocenters. The second-order valence-corrected chi connectivity index (χ2v) is 2.75. The molecule has 1 unspecified atom stereocenters. The maximum atomic E-state index is 4.14. The van der Waals surface area contributed by atoms with Crippen LogP contribution in [0.2, 0.25) is 0 Å². The van der Waals surface area contributed by atoms with Crippen LogP contribution in [-0.2, 0) is 0 Å². The molecule has 0 aliphatic carbocycles. The lowest BCUT2D eigenvalue weighted by atomic mass is 10.3. The summed E-state index contributed by atoms with van der Waals surface area (Å²) in [5.74, 6) is 0. The molecular formula is C10H19N3. The smallest absolute Gasteiger partial charge is 0.164 e. The summed E-state index contributed by atoms with van der Waals surface area (Å²) < 4.78 is 1.72. The van der Waals surface area contributed by atoms with Gasteiger partial charge < -0.3 is 11.0 Å². The Bertz CT molecular complexity index is 194. The summed E-state index contributed by atoms with van der Waals surface area (Å²) in [5, 5.41) is 0. The summed E-state index contributed by atoms with van der Waals surface area (Å²) in [7, 11) is 0. The number of rotatable bonds is 6. The van der Waals surface area contributed by atoms with Crippen LogP contribution >= 0.6 is 0 Å². The van der Waals surface area contributed by atoms with E-state index in [4.69, 9.17) is 0 Å². The van der Waals surface area contributed by atoms with E-state index in [0.717, 1.165) is 6.42 Å². The van der Waals surface area contributed by atoms with E-state index < -0.39 is 0 Å². The third kappa shape index (κ3) is 6.11. The topological polar surface area (TPSA) is 29.1 Å². The standard InChI is InChI=1S/C10H19N3/c1-5-8-9-13(7-3)12-11-10(4)6-2/h5,7-11H,1,6H2,2-4H3/b9-8+,13-7-. The van der Waals surface area contributed by atoms with E-state index in [1.165, 1.54) is 0 Å². The van der Waals surface area contributed by atoms with E-state index in [9.17, 15) is 0 Å². The fraction of sp³-hybridized carbons (Fsp3) is 0.500. The zero-order valence-corrected chi connectivity index (χ0v) is 8.70. The lowest BCUT2D eigenvalue weighted by molar-refractivity contribution is -0.405. The van der Waals surface area contributed by atoms with Crippen molar-refractivity contribution in [3.05, 3.63) is 30.5 Å². The van der Waals surface area contributed by atoms with Crippen LogP contribution in [0.3, 0.4) is 0 Å². The van der Waals surface area contributed by atoms with Crippen molar-refractivity contribution in [3.63, 3.8) is 0 Å². The van der Waals surface area contributed by atoms with Crippen LogP contribution in [0, 0.1) is 0 Å². The Labute approximate surface area is 80.8 Å². The predicted octanol–water partition coefficient (Wildman–Crippen LogP) is 2.38. The van der Waals surface area contributed by atoms with Crippen LogP contribution in [-0.4, -0.2) is 16.9 Å². The van der Waals surface area contributed by atoms with Gasteiger partial charge in [0.1, 0.15) is 6.21 Å². The summed E-state index contributed by atoms with van der Waals surface area (Å²) >= 11 is 0. The highest BCUT2D eigenvalue weighted by Crippen LogP contribution is 1.93. The molecule has 1 N–H and O–H groups in total. The number of allylic oxidation sites excluding steroid dienone is 2. The van der Waals surface area contributed by atoms with Gasteiger partial charge >= 0.3 is 0 Å². The molecule has 0 spiro atoms. The summed E-state index contributed by atoms with van der Waals surface area (Å²) in [6.07, 6.45) is 8.32. The normalized spacial score (nSPS) is 14.5. The summed E-state index contributed by atoms with van der Waals surface area (Å²) in [5.41, 5.74) is 7.17. The van der Waals surface area contributed by atoms with Gasteiger partial charge in [-0.05, 0) is 12.5 Å². The van der Waals surface area contributed by atoms with Crippen LogP contribution in [0.1, 0.15) is 27.2 Å². The molecule has 0 aromatic carbocycles. The summed E-state index contributed by atoms with van der Waals surface area (Å²) in [6.45, 7) is 9.72. The van der Waals surface area contributed by atoms with Crippen molar-refractivity contribution in [2.45, 2.75) is 33.2 Å². The minimum Gasteiger partial charge on any atom is -0.369 e. The molecular weight excluding hydrogens is 162 g/mol. The van der Waals surface area contributed by atoms with Crippen molar-refractivity contribution in [1.29, 1.82) is 0 Å². The minimum absolute atomic E-state index is 0.402. The molecule has 0 amide bonds. The molecule has 0 saturated carbocycles. The quantitative estimate of drug-likeness (QED) is 0.290. The van der Waals surface area contributed by atoms with Crippen LogP contribution in [0.5, 0.6) is 0 Å². The average molecular weight is 181 g/mol. The molecule has 0 fully saturated rings. The molecule has 0 bridgehead atoms. The highest BCUT2D eigenvalue weighted by atomic mass is 15.6. The van der Waals surface area contributed by atoms with Crippen LogP contribution in [0.4, 0.5) is 0 Å². The van der Waals surface area contributed by atoms with Gasteiger partial charge in [-0.2, -0.15) is 0 Å². The lowest BCUT2D eigenvalue weighted by Crippen LogP contribution is -2.24. The van der Waals surface area contributed by atoms with E-state index in [1.54, 1.807) is 10.8 Å². The molecule has 0 radical (unpaired) electrons. The van der Waals surface area contributed by atoms with Crippen molar-refractivity contribution < 1.29 is 4.68 Å². The molecule has 13 heavy (non-hydrogen) atoms. The van der Waals surface area contributed by atoms with Crippen LogP contribution in [0.15, 0.2) is 24.9 Å². The lowest BCUT2D eigenvalue weighted by Gasteiger charge is -2.20. The number of nitrogens with zero attached hydrogens (tertiary/aromatic N) is 2. The van der Waals surface area contributed by atoms with E-state index in [-0.39, 0.29) is 0 Å². The van der Waals surface area contributed by atoms with Crippen molar-refractivity contribution in [3.8, 4) is 0 Å². The van der Waals surface area contributed by atoms with Crippen molar-refractivity contribution in [2.75, 3.05) is 0 Å². The highest BCUT2D eigenvalue weighted by Gasteiger charge is 1.90. The number of nitrogens with one attached hydrogen (secondary N) is 1. The van der Waals surface area contributed by atoms with Gasteiger partial charge in [0.15, 0.2) is 6.20 Å². The van der Waals surface area contributed by atoms with Gasteiger partial charge in [-0.15, -0.1) is 0 Å². The Morgan fingerprint density at radius 2 is 2.31 bits per heavy atom. The first-order chi connectivity index (χ1) is 6.24. The Hall–Kier alpha value is -1.09. The molecule has 0 aliphatic heterocycles. The summed E-state index contributed by atoms with van der Waals surface area (Å²) in [6, 6.07) is 0.402. The second kappa shape index (κ2) is 7.55. The molecule has 0 rings (SSSR count). The van der Waals surface area contributed by atoms with E-state index in [0.29, 0.717) is 6.04 Å². The highest BCUT2D eigenvalue weighted by molar-refractivity contribution is 5.47. The Morgan fingerprint density at radius 3 is 2.77 bits per heavy atom. The molecule has 3 nitrogen and oxygen atoms in total. The van der Waals surface area contributed by atoms with Crippen molar-refractivity contribution in [2.24, 2.45) is 0 Å². The third-order valence-corrected chi connectivity index (χ3v) is 1.65. The average Bonchev–Trinajstić information content (AvgIpc) is 2.17. The van der Waals surface area contributed by atoms with Gasteiger partial charge in [-0.3, -0.25) is 0 Å². The molecule has 0 aliphatic rings. The summed E-state index contributed by atoms with van der Waals surface area (Å²) in [4.78, 5) is 0. The van der Waals surface area contributed by atoms with Gasteiger partial charge in [-0.25, -0.2) is 4.68 Å². The Balaban J connectivity index is 3.86. The first-order valence-electron chi connectivity index (χ1n) is 4.57. The Kier molecular flexibility index (Phi) is 6.92. The van der Waals surface area contributed by atoms with Gasteiger partial charge in [0, 0.05) is 13.0 Å². The zero-order chi connectivity index (χ0) is 10.1. The van der Waals surface area contributed by atoms with Gasteiger partial charge in [0.2, 0.25) is 0 Å². The van der Waals surface area contributed by atoms with E-state index in [1.807, 2.05) is 25.4 Å². The zero-order valence-electron chi connectivity index (χ0n) is 8.70. The Morgan fingerprint density at radius 1 is 1.62 bits per heavy atom. The van der Waals surface area contributed by atoms with Crippen molar-refractivity contribution >= 4 is 6.21 Å². The second-order valence-electron chi connectivity index (χ2n) is 2.75. The number of hydrogen-bond donors (Lipinski definition) is 1. The molecule has 0 aromatic rings. The fourth-order valence-corrected chi connectivity index (χ4v) is 0.583. The minimum atomic E-state index is 0.402. The maximum absolute atomic E-state index is 4.14. The van der Waals surface area contributed by atoms with Crippen LogP contribution in [0.25, 0.3) is 5.53 Å². The largest absolute Gasteiger partial charge is 0.369 e. The van der Waals surface area contributed by atoms with E-state index in [2.05, 4.69) is 31.4 Å². The monoisotopic (exact) mass is 181 g/mol. The molecule has 3 heteroatoms. The fourth-order valence-electron chi connectivity index (χ4n) is 0.583. The van der Waals surface area contributed by atoms with Crippen LogP contribution < -0.4 is 5.43 Å². The van der Waals surface area contributed by atoms with Gasteiger partial charge in [0.05, 0.1) is 0 Å².